The summed E-state index contributed by atoms with van der Waals surface area (Å²) in [6, 6.07) is 8.57. The quantitative estimate of drug-likeness (QED) is 0.362. The number of nitrogens with one attached hydrogen (secondary N) is 2. The van der Waals surface area contributed by atoms with Gasteiger partial charge in [0.25, 0.3) is 0 Å². The SMILES string of the molecule is CN=C(NCCc1nc(C)c(C)s1)NCC(C)(C)c1ccccc1C.I. The molecule has 1 aromatic heterocycles. The first kappa shape index (κ1) is 22.9. The van der Waals surface area contributed by atoms with Gasteiger partial charge in [-0.3, -0.25) is 4.99 Å². The van der Waals surface area contributed by atoms with Crippen molar-refractivity contribution < 1.29 is 0 Å². The van der Waals surface area contributed by atoms with Crippen LogP contribution in [0.4, 0.5) is 0 Å². The molecule has 1 heterocycles. The number of halogens is 1. The Balaban J connectivity index is 0.00000338. The van der Waals surface area contributed by atoms with Crippen LogP contribution in [0.25, 0.3) is 0 Å². The Labute approximate surface area is 179 Å². The molecule has 0 aliphatic carbocycles. The number of aryl methyl sites for hydroxylation is 3. The van der Waals surface area contributed by atoms with E-state index in [4.69, 9.17) is 0 Å². The predicted molar refractivity (Wildman–Crippen MR) is 124 cm³/mol. The number of rotatable bonds is 6. The van der Waals surface area contributed by atoms with Crippen LogP contribution in [0.15, 0.2) is 29.3 Å². The maximum atomic E-state index is 4.59. The highest BCUT2D eigenvalue weighted by Crippen LogP contribution is 2.25. The highest BCUT2D eigenvalue weighted by atomic mass is 127. The minimum atomic E-state index is 0. The van der Waals surface area contributed by atoms with Gasteiger partial charge in [0, 0.05) is 36.9 Å². The Bertz CT molecular complexity index is 718. The number of nitrogens with zero attached hydrogens (tertiary/aromatic N) is 2. The summed E-state index contributed by atoms with van der Waals surface area (Å²) >= 11 is 1.78. The molecular weight excluding hydrogens is 455 g/mol. The van der Waals surface area contributed by atoms with Gasteiger partial charge in [-0.05, 0) is 31.9 Å². The summed E-state index contributed by atoms with van der Waals surface area (Å²) < 4.78 is 0. The van der Waals surface area contributed by atoms with Crippen LogP contribution in [0.1, 0.15) is 40.6 Å². The fourth-order valence-corrected chi connectivity index (χ4v) is 3.82. The number of benzene rings is 1. The monoisotopic (exact) mass is 486 g/mol. The molecule has 0 amide bonds. The minimum Gasteiger partial charge on any atom is -0.356 e. The largest absolute Gasteiger partial charge is 0.356 e. The maximum Gasteiger partial charge on any atom is 0.191 e. The molecule has 2 N–H and O–H groups in total. The summed E-state index contributed by atoms with van der Waals surface area (Å²) in [5.74, 6) is 0.839. The van der Waals surface area contributed by atoms with Crippen molar-refractivity contribution in [2.45, 2.75) is 46.5 Å². The van der Waals surface area contributed by atoms with E-state index in [0.29, 0.717) is 0 Å². The van der Waals surface area contributed by atoms with Crippen LogP contribution in [-0.4, -0.2) is 31.1 Å². The van der Waals surface area contributed by atoms with Crippen molar-refractivity contribution in [1.82, 2.24) is 15.6 Å². The van der Waals surface area contributed by atoms with Crippen LogP contribution < -0.4 is 10.6 Å². The van der Waals surface area contributed by atoms with E-state index < -0.39 is 0 Å². The molecule has 6 heteroatoms. The molecule has 2 rings (SSSR count). The second-order valence-corrected chi connectivity index (χ2v) is 8.34. The summed E-state index contributed by atoms with van der Waals surface area (Å²) in [7, 11) is 1.81. The van der Waals surface area contributed by atoms with Gasteiger partial charge < -0.3 is 10.6 Å². The van der Waals surface area contributed by atoms with Gasteiger partial charge in [0.15, 0.2) is 5.96 Å². The number of aromatic nitrogens is 1. The van der Waals surface area contributed by atoms with E-state index in [1.165, 1.54) is 21.0 Å². The molecule has 1 aromatic carbocycles. The molecule has 0 fully saturated rings. The highest BCUT2D eigenvalue weighted by Gasteiger charge is 2.22. The first-order valence-electron chi connectivity index (χ1n) is 8.77. The van der Waals surface area contributed by atoms with Crippen LogP contribution >= 0.6 is 35.3 Å². The van der Waals surface area contributed by atoms with Gasteiger partial charge in [-0.1, -0.05) is 38.1 Å². The van der Waals surface area contributed by atoms with Crippen LogP contribution in [0, 0.1) is 20.8 Å². The molecule has 0 radical (unpaired) electrons. The molecule has 0 bridgehead atoms. The van der Waals surface area contributed by atoms with Crippen molar-refractivity contribution >= 4 is 41.3 Å². The number of hydrogen-bond acceptors (Lipinski definition) is 3. The molecule has 144 valence electrons. The van der Waals surface area contributed by atoms with Crippen molar-refractivity contribution in [3.63, 3.8) is 0 Å². The van der Waals surface area contributed by atoms with E-state index in [-0.39, 0.29) is 29.4 Å². The van der Waals surface area contributed by atoms with Crippen molar-refractivity contribution in [2.75, 3.05) is 20.1 Å². The maximum absolute atomic E-state index is 4.59. The van der Waals surface area contributed by atoms with Gasteiger partial charge in [0.05, 0.1) is 10.7 Å². The molecule has 0 unspecified atom stereocenters. The molecule has 0 spiro atoms. The van der Waals surface area contributed by atoms with Gasteiger partial charge >= 0.3 is 0 Å². The summed E-state index contributed by atoms with van der Waals surface area (Å²) in [6.07, 6.45) is 0.918. The Morgan fingerprint density at radius 3 is 2.42 bits per heavy atom. The second kappa shape index (κ2) is 10.3. The van der Waals surface area contributed by atoms with Crippen LogP contribution in [-0.2, 0) is 11.8 Å². The van der Waals surface area contributed by atoms with Crippen LogP contribution in [0.3, 0.4) is 0 Å². The number of hydrogen-bond donors (Lipinski definition) is 2. The van der Waals surface area contributed by atoms with E-state index in [1.54, 1.807) is 11.3 Å². The lowest BCUT2D eigenvalue weighted by atomic mass is 9.82. The van der Waals surface area contributed by atoms with Gasteiger partial charge in [0.1, 0.15) is 0 Å². The first-order chi connectivity index (χ1) is 11.8. The van der Waals surface area contributed by atoms with E-state index in [1.807, 2.05) is 7.05 Å². The van der Waals surface area contributed by atoms with Gasteiger partial charge in [-0.2, -0.15) is 0 Å². The summed E-state index contributed by atoms with van der Waals surface area (Å²) in [6.45, 7) is 12.5. The lowest BCUT2D eigenvalue weighted by Crippen LogP contribution is -2.44. The van der Waals surface area contributed by atoms with Crippen molar-refractivity contribution in [2.24, 2.45) is 4.99 Å². The molecule has 0 aliphatic rings. The van der Waals surface area contributed by atoms with E-state index in [2.05, 4.69) is 79.5 Å². The molecule has 26 heavy (non-hydrogen) atoms. The molecule has 0 aliphatic heterocycles. The average Bonchev–Trinajstić information content (AvgIpc) is 2.89. The summed E-state index contributed by atoms with van der Waals surface area (Å²) in [5, 5.41) is 8.03. The molecule has 0 saturated heterocycles. The zero-order valence-electron chi connectivity index (χ0n) is 16.6. The molecule has 2 aromatic rings. The highest BCUT2D eigenvalue weighted by molar-refractivity contribution is 14.0. The topological polar surface area (TPSA) is 49.3 Å². The van der Waals surface area contributed by atoms with Crippen LogP contribution in [0.5, 0.6) is 0 Å². The smallest absolute Gasteiger partial charge is 0.191 e. The number of aliphatic imine (C=N–C) groups is 1. The van der Waals surface area contributed by atoms with Crippen molar-refractivity contribution in [1.29, 1.82) is 0 Å². The third kappa shape index (κ3) is 6.23. The molecular formula is C20H31IN4S. The van der Waals surface area contributed by atoms with E-state index in [0.717, 1.165) is 31.2 Å². The zero-order valence-corrected chi connectivity index (χ0v) is 19.8. The van der Waals surface area contributed by atoms with E-state index in [9.17, 15) is 0 Å². The van der Waals surface area contributed by atoms with Crippen LogP contribution in [0.2, 0.25) is 0 Å². The lowest BCUT2D eigenvalue weighted by Gasteiger charge is -2.28. The normalized spacial score (nSPS) is 11.8. The van der Waals surface area contributed by atoms with Gasteiger partial charge in [-0.15, -0.1) is 35.3 Å². The average molecular weight is 486 g/mol. The Hall–Kier alpha value is -1.15. The third-order valence-electron chi connectivity index (χ3n) is 4.50. The van der Waals surface area contributed by atoms with Crippen molar-refractivity contribution in [3.05, 3.63) is 51.0 Å². The number of guanidine groups is 1. The Morgan fingerprint density at radius 1 is 1.15 bits per heavy atom. The summed E-state index contributed by atoms with van der Waals surface area (Å²) in [5.41, 5.74) is 3.87. The second-order valence-electron chi connectivity index (χ2n) is 7.05. The molecule has 0 saturated carbocycles. The Morgan fingerprint density at radius 2 is 1.85 bits per heavy atom. The third-order valence-corrected chi connectivity index (χ3v) is 5.63. The zero-order chi connectivity index (χ0) is 18.4. The summed E-state index contributed by atoms with van der Waals surface area (Å²) in [4.78, 5) is 10.2. The minimum absolute atomic E-state index is 0. The van der Waals surface area contributed by atoms with Gasteiger partial charge in [0.2, 0.25) is 0 Å². The molecule has 4 nitrogen and oxygen atoms in total. The standard InChI is InChI=1S/C20H30N4S.HI/c1-14-9-7-8-10-17(14)20(4,5)13-23-19(21-6)22-12-11-18-24-15(2)16(3)25-18;/h7-10H,11-13H2,1-6H3,(H2,21,22,23);1H. The van der Waals surface area contributed by atoms with E-state index >= 15 is 0 Å². The fourth-order valence-electron chi connectivity index (χ4n) is 2.89. The Kier molecular flexibility index (Phi) is 9.03. The molecule has 0 atom stereocenters. The van der Waals surface area contributed by atoms with Crippen molar-refractivity contribution in [3.8, 4) is 0 Å². The number of thiazole rings is 1. The lowest BCUT2D eigenvalue weighted by molar-refractivity contribution is 0.506. The van der Waals surface area contributed by atoms with Gasteiger partial charge in [-0.25, -0.2) is 4.98 Å². The first-order valence-corrected chi connectivity index (χ1v) is 9.58. The predicted octanol–water partition coefficient (Wildman–Crippen LogP) is 4.37. The fraction of sp³-hybridized carbons (Fsp3) is 0.500.